The van der Waals surface area contributed by atoms with E-state index in [1.807, 2.05) is 53.1 Å². The maximum Gasteiger partial charge on any atom is 0.257 e. The van der Waals surface area contributed by atoms with Crippen LogP contribution in [0.3, 0.4) is 0 Å². The highest BCUT2D eigenvalue weighted by atomic mass is 16.5. The molecular weight excluding hydrogens is 402 g/mol. The number of nitrogens with zero attached hydrogens (tertiary/aromatic N) is 3. The molecule has 6 nitrogen and oxygen atoms in total. The minimum Gasteiger partial charge on any atom is -0.491 e. The van der Waals surface area contributed by atoms with E-state index in [2.05, 4.69) is 18.8 Å². The van der Waals surface area contributed by atoms with E-state index in [4.69, 9.17) is 4.74 Å². The summed E-state index contributed by atoms with van der Waals surface area (Å²) in [5.74, 6) is 1.11. The van der Waals surface area contributed by atoms with Crippen molar-refractivity contribution in [3.8, 4) is 5.75 Å². The predicted molar refractivity (Wildman–Crippen MR) is 126 cm³/mol. The standard InChI is InChI=1S/C26H35N3O3/c1-4-28-14-7-8-15-29(25(30)17-21-10-9-13-27-18-21)22(16-20(2)3)19-32-24-12-6-5-11-23(24)26(28)31/h5-6,9-13,18,20,22H,4,7-8,14-17,19H2,1-3H3/t22-/m0/s1. The number of fused-ring (bicyclic) bond motifs is 1. The van der Waals surface area contributed by atoms with Crippen molar-refractivity contribution < 1.29 is 14.3 Å². The molecule has 0 saturated heterocycles. The maximum absolute atomic E-state index is 13.4. The Morgan fingerprint density at radius 1 is 1.16 bits per heavy atom. The first-order chi connectivity index (χ1) is 15.5. The second kappa shape index (κ2) is 11.7. The third-order valence-corrected chi connectivity index (χ3v) is 5.88. The third kappa shape index (κ3) is 6.31. The minimum atomic E-state index is -0.0518. The van der Waals surface area contributed by atoms with Gasteiger partial charge in [-0.15, -0.1) is 0 Å². The van der Waals surface area contributed by atoms with Gasteiger partial charge in [-0.2, -0.15) is 0 Å². The molecule has 1 atom stereocenters. The molecule has 2 amide bonds. The van der Waals surface area contributed by atoms with E-state index in [-0.39, 0.29) is 17.9 Å². The zero-order chi connectivity index (χ0) is 22.9. The van der Waals surface area contributed by atoms with Crippen LogP contribution in [0, 0.1) is 5.92 Å². The summed E-state index contributed by atoms with van der Waals surface area (Å²) in [5.41, 5.74) is 1.51. The van der Waals surface area contributed by atoms with Gasteiger partial charge < -0.3 is 14.5 Å². The Morgan fingerprint density at radius 3 is 2.66 bits per heavy atom. The van der Waals surface area contributed by atoms with E-state index >= 15 is 0 Å². The van der Waals surface area contributed by atoms with Gasteiger partial charge in [-0.05, 0) is 55.9 Å². The lowest BCUT2D eigenvalue weighted by Crippen LogP contribution is -2.46. The Hall–Kier alpha value is -2.89. The van der Waals surface area contributed by atoms with Crippen LogP contribution in [0.25, 0.3) is 0 Å². The molecule has 32 heavy (non-hydrogen) atoms. The summed E-state index contributed by atoms with van der Waals surface area (Å²) in [7, 11) is 0. The number of hydrogen-bond donors (Lipinski definition) is 0. The van der Waals surface area contributed by atoms with E-state index in [0.29, 0.717) is 49.9 Å². The summed E-state index contributed by atoms with van der Waals surface area (Å²) in [6, 6.07) is 11.2. The van der Waals surface area contributed by atoms with E-state index in [1.165, 1.54) is 0 Å². The van der Waals surface area contributed by atoms with Gasteiger partial charge in [-0.1, -0.05) is 32.0 Å². The molecule has 0 N–H and O–H groups in total. The van der Waals surface area contributed by atoms with Crippen LogP contribution >= 0.6 is 0 Å². The van der Waals surface area contributed by atoms with Crippen LogP contribution in [0.15, 0.2) is 48.8 Å². The Labute approximate surface area is 191 Å². The minimum absolute atomic E-state index is 0.00796. The molecule has 0 radical (unpaired) electrons. The maximum atomic E-state index is 13.4. The zero-order valence-corrected chi connectivity index (χ0v) is 19.5. The molecule has 0 aliphatic carbocycles. The van der Waals surface area contributed by atoms with E-state index in [0.717, 1.165) is 24.8 Å². The molecular formula is C26H35N3O3. The second-order valence-corrected chi connectivity index (χ2v) is 8.81. The van der Waals surface area contributed by atoms with Crippen molar-refractivity contribution in [2.45, 2.75) is 52.5 Å². The van der Waals surface area contributed by atoms with Crippen LogP contribution in [0.1, 0.15) is 56.0 Å². The molecule has 1 aliphatic rings. The highest BCUT2D eigenvalue weighted by Crippen LogP contribution is 2.23. The molecule has 2 heterocycles. The highest BCUT2D eigenvalue weighted by Gasteiger charge is 2.27. The molecule has 1 aromatic heterocycles. The summed E-state index contributed by atoms with van der Waals surface area (Å²) in [5, 5.41) is 0. The molecule has 0 fully saturated rings. The first-order valence-corrected chi connectivity index (χ1v) is 11.7. The van der Waals surface area contributed by atoms with Gasteiger partial charge in [0.1, 0.15) is 12.4 Å². The second-order valence-electron chi connectivity index (χ2n) is 8.81. The lowest BCUT2D eigenvalue weighted by molar-refractivity contribution is -0.134. The number of aromatic nitrogens is 1. The smallest absolute Gasteiger partial charge is 0.257 e. The quantitative estimate of drug-likeness (QED) is 0.703. The number of carbonyl (C=O) groups is 2. The number of rotatable bonds is 5. The first kappa shape index (κ1) is 23.8. The average molecular weight is 438 g/mol. The topological polar surface area (TPSA) is 62.7 Å². The van der Waals surface area contributed by atoms with Crippen molar-refractivity contribution in [3.05, 3.63) is 59.9 Å². The summed E-state index contributed by atoms with van der Waals surface area (Å²) >= 11 is 0. The Bertz CT molecular complexity index is 885. The molecule has 2 aromatic rings. The fourth-order valence-corrected chi connectivity index (χ4v) is 4.23. The van der Waals surface area contributed by atoms with Gasteiger partial charge in [-0.25, -0.2) is 0 Å². The normalized spacial score (nSPS) is 17.9. The van der Waals surface area contributed by atoms with Crippen LogP contribution in [0.2, 0.25) is 0 Å². The number of carbonyl (C=O) groups excluding carboxylic acids is 2. The number of benzene rings is 1. The van der Waals surface area contributed by atoms with Crippen LogP contribution in [-0.2, 0) is 11.2 Å². The summed E-state index contributed by atoms with van der Waals surface area (Å²) in [4.78, 5) is 34.5. The SMILES string of the molecule is CCN1CCCCN(C(=O)Cc2cccnc2)[C@@H](CC(C)C)COc2ccccc2C1=O. The van der Waals surface area contributed by atoms with Gasteiger partial charge in [0, 0.05) is 32.0 Å². The van der Waals surface area contributed by atoms with Gasteiger partial charge >= 0.3 is 0 Å². The largest absolute Gasteiger partial charge is 0.491 e. The highest BCUT2D eigenvalue weighted by molar-refractivity contribution is 5.97. The van der Waals surface area contributed by atoms with E-state index in [1.54, 1.807) is 12.4 Å². The molecule has 172 valence electrons. The fraction of sp³-hybridized carbons (Fsp3) is 0.500. The van der Waals surface area contributed by atoms with Gasteiger partial charge in [-0.3, -0.25) is 14.6 Å². The molecule has 6 heteroatoms. The van der Waals surface area contributed by atoms with Gasteiger partial charge in [0.05, 0.1) is 18.0 Å². The monoisotopic (exact) mass is 437 g/mol. The number of hydrogen-bond acceptors (Lipinski definition) is 4. The van der Waals surface area contributed by atoms with E-state index < -0.39 is 0 Å². The Balaban J connectivity index is 1.88. The number of pyridine rings is 1. The summed E-state index contributed by atoms with van der Waals surface area (Å²) in [6.45, 7) is 8.67. The first-order valence-electron chi connectivity index (χ1n) is 11.7. The molecule has 0 bridgehead atoms. The van der Waals surface area contributed by atoms with Crippen molar-refractivity contribution in [2.75, 3.05) is 26.2 Å². The predicted octanol–water partition coefficient (Wildman–Crippen LogP) is 4.20. The van der Waals surface area contributed by atoms with Crippen molar-refractivity contribution >= 4 is 11.8 Å². The molecule has 0 saturated carbocycles. The average Bonchev–Trinajstić information content (AvgIpc) is 2.79. The summed E-state index contributed by atoms with van der Waals surface area (Å²) < 4.78 is 6.21. The van der Waals surface area contributed by atoms with Crippen molar-refractivity contribution in [2.24, 2.45) is 5.92 Å². The van der Waals surface area contributed by atoms with Crippen LogP contribution in [-0.4, -0.2) is 58.9 Å². The Morgan fingerprint density at radius 2 is 1.94 bits per heavy atom. The number of para-hydroxylation sites is 1. The molecule has 0 spiro atoms. The van der Waals surface area contributed by atoms with Gasteiger partial charge in [0.25, 0.3) is 5.91 Å². The van der Waals surface area contributed by atoms with Crippen molar-refractivity contribution in [3.63, 3.8) is 0 Å². The molecule has 0 unspecified atom stereocenters. The zero-order valence-electron chi connectivity index (χ0n) is 19.5. The Kier molecular flexibility index (Phi) is 8.65. The molecule has 3 rings (SSSR count). The molecule has 1 aliphatic heterocycles. The van der Waals surface area contributed by atoms with Gasteiger partial charge in [0.2, 0.25) is 5.91 Å². The fourth-order valence-electron chi connectivity index (χ4n) is 4.23. The van der Waals surface area contributed by atoms with Crippen LogP contribution in [0.4, 0.5) is 0 Å². The lowest BCUT2D eigenvalue weighted by Gasteiger charge is -2.34. The van der Waals surface area contributed by atoms with Crippen molar-refractivity contribution in [1.82, 2.24) is 14.8 Å². The third-order valence-electron chi connectivity index (χ3n) is 5.88. The molecule has 1 aromatic carbocycles. The van der Waals surface area contributed by atoms with Crippen LogP contribution < -0.4 is 4.74 Å². The number of amides is 2. The lowest BCUT2D eigenvalue weighted by atomic mass is 10.0. The number of ether oxygens (including phenoxy) is 1. The van der Waals surface area contributed by atoms with E-state index in [9.17, 15) is 9.59 Å². The van der Waals surface area contributed by atoms with Crippen molar-refractivity contribution in [1.29, 1.82) is 0 Å². The van der Waals surface area contributed by atoms with Crippen LogP contribution in [0.5, 0.6) is 5.75 Å². The summed E-state index contributed by atoms with van der Waals surface area (Å²) in [6.07, 6.45) is 6.35. The van der Waals surface area contributed by atoms with Gasteiger partial charge in [0.15, 0.2) is 0 Å².